The Balaban J connectivity index is 2.19. The van der Waals surface area contributed by atoms with Gasteiger partial charge in [0.05, 0.1) is 19.9 Å². The molecule has 2 heterocycles. The average molecular weight is 231 g/mol. The van der Waals surface area contributed by atoms with Crippen molar-refractivity contribution in [1.29, 1.82) is 0 Å². The van der Waals surface area contributed by atoms with Crippen LogP contribution >= 0.6 is 0 Å². The summed E-state index contributed by atoms with van der Waals surface area (Å²) in [5.41, 5.74) is 8.74. The van der Waals surface area contributed by atoms with Crippen LogP contribution in [0.25, 0.3) is 11.1 Å². The summed E-state index contributed by atoms with van der Waals surface area (Å²) in [5, 5.41) is 6.64. The van der Waals surface area contributed by atoms with E-state index in [-0.39, 0.29) is 0 Å². The number of hydrogen-bond donors (Lipinski definition) is 2. The Hall–Kier alpha value is -2.17. The summed E-state index contributed by atoms with van der Waals surface area (Å²) in [5.74, 6) is 2.23. The highest BCUT2D eigenvalue weighted by atomic mass is 16.5. The number of aromatic nitrogens is 2. The molecule has 0 bridgehead atoms. The van der Waals surface area contributed by atoms with Gasteiger partial charge in [0.1, 0.15) is 17.3 Å². The molecule has 5 heteroatoms. The second kappa shape index (κ2) is 3.69. The Bertz CT molecular complexity index is 563. The minimum atomic E-state index is 0.529. The molecule has 1 aliphatic heterocycles. The second-order valence-electron chi connectivity index (χ2n) is 3.96. The molecule has 0 unspecified atom stereocenters. The number of fused-ring (bicyclic) bond motifs is 1. The van der Waals surface area contributed by atoms with Crippen molar-refractivity contribution in [2.45, 2.75) is 6.42 Å². The van der Waals surface area contributed by atoms with Gasteiger partial charge in [0.2, 0.25) is 0 Å². The van der Waals surface area contributed by atoms with Crippen LogP contribution in [-0.2, 0) is 6.42 Å². The summed E-state index contributed by atoms with van der Waals surface area (Å²) in [6.45, 7) is 0.725. The van der Waals surface area contributed by atoms with Crippen LogP contribution in [0, 0.1) is 0 Å². The third-order valence-electron chi connectivity index (χ3n) is 2.97. The van der Waals surface area contributed by atoms with E-state index in [1.54, 1.807) is 13.3 Å². The topological polar surface area (TPSA) is 73.2 Å². The molecule has 5 nitrogen and oxygen atoms in total. The molecule has 88 valence electrons. The fourth-order valence-corrected chi connectivity index (χ4v) is 2.09. The Morgan fingerprint density at radius 3 is 3.00 bits per heavy atom. The van der Waals surface area contributed by atoms with E-state index in [0.29, 0.717) is 5.82 Å². The van der Waals surface area contributed by atoms with Gasteiger partial charge in [-0.15, -0.1) is 0 Å². The number of nitrogens with two attached hydrogens (primary N) is 1. The first-order valence-corrected chi connectivity index (χ1v) is 5.42. The van der Waals surface area contributed by atoms with Gasteiger partial charge in [0, 0.05) is 23.1 Å². The van der Waals surface area contributed by atoms with Crippen LogP contribution in [-0.4, -0.2) is 23.9 Å². The quantitative estimate of drug-likeness (QED) is 0.823. The molecule has 0 spiro atoms. The Morgan fingerprint density at radius 1 is 1.41 bits per heavy atom. The van der Waals surface area contributed by atoms with E-state index in [9.17, 15) is 0 Å². The number of nitrogen functional groups attached to an aromatic ring is 1. The number of aromatic amines is 1. The zero-order chi connectivity index (χ0) is 11.8. The van der Waals surface area contributed by atoms with E-state index < -0.39 is 0 Å². The smallest absolute Gasteiger partial charge is 0.127 e. The van der Waals surface area contributed by atoms with Crippen molar-refractivity contribution in [3.8, 4) is 22.6 Å². The van der Waals surface area contributed by atoms with Gasteiger partial charge in [0.25, 0.3) is 0 Å². The number of ether oxygens (including phenoxy) is 2. The monoisotopic (exact) mass is 231 g/mol. The normalized spacial score (nSPS) is 13.2. The number of hydrogen-bond acceptors (Lipinski definition) is 4. The number of methoxy groups -OCH3 is 1. The molecule has 0 saturated carbocycles. The number of nitrogens with one attached hydrogen (secondary N) is 1. The van der Waals surface area contributed by atoms with Crippen LogP contribution in [0.3, 0.4) is 0 Å². The molecule has 1 aliphatic rings. The zero-order valence-electron chi connectivity index (χ0n) is 9.49. The molecule has 17 heavy (non-hydrogen) atoms. The van der Waals surface area contributed by atoms with E-state index in [2.05, 4.69) is 10.2 Å². The van der Waals surface area contributed by atoms with Crippen molar-refractivity contribution in [3.63, 3.8) is 0 Å². The molecule has 3 N–H and O–H groups in total. The SMILES string of the molecule is COc1cc2c(cc1-c1cn[nH]c1N)OCC2. The van der Waals surface area contributed by atoms with Gasteiger partial charge in [-0.2, -0.15) is 5.10 Å². The van der Waals surface area contributed by atoms with Crippen molar-refractivity contribution >= 4 is 5.82 Å². The first-order chi connectivity index (χ1) is 8.29. The maximum absolute atomic E-state index is 5.83. The Morgan fingerprint density at radius 2 is 2.29 bits per heavy atom. The van der Waals surface area contributed by atoms with E-state index in [0.717, 1.165) is 35.7 Å². The van der Waals surface area contributed by atoms with E-state index in [4.69, 9.17) is 15.2 Å². The van der Waals surface area contributed by atoms with Crippen molar-refractivity contribution in [3.05, 3.63) is 23.9 Å². The highest BCUT2D eigenvalue weighted by Gasteiger charge is 2.19. The lowest BCUT2D eigenvalue weighted by molar-refractivity contribution is 0.356. The van der Waals surface area contributed by atoms with Crippen molar-refractivity contribution in [2.24, 2.45) is 0 Å². The van der Waals surface area contributed by atoms with Gasteiger partial charge < -0.3 is 15.2 Å². The van der Waals surface area contributed by atoms with Crippen LogP contribution in [0.1, 0.15) is 5.56 Å². The van der Waals surface area contributed by atoms with Crippen molar-refractivity contribution in [2.75, 3.05) is 19.5 Å². The lowest BCUT2D eigenvalue weighted by atomic mass is 10.0. The fraction of sp³-hybridized carbons (Fsp3) is 0.250. The molecule has 0 saturated heterocycles. The van der Waals surface area contributed by atoms with Crippen molar-refractivity contribution < 1.29 is 9.47 Å². The molecule has 1 aromatic carbocycles. The largest absolute Gasteiger partial charge is 0.496 e. The minimum absolute atomic E-state index is 0.529. The molecule has 0 atom stereocenters. The third-order valence-corrected chi connectivity index (χ3v) is 2.97. The summed E-state index contributed by atoms with van der Waals surface area (Å²) in [4.78, 5) is 0. The first-order valence-electron chi connectivity index (χ1n) is 5.42. The van der Waals surface area contributed by atoms with Crippen LogP contribution in [0.2, 0.25) is 0 Å². The predicted octanol–water partition coefficient (Wildman–Crippen LogP) is 1.60. The fourth-order valence-electron chi connectivity index (χ4n) is 2.09. The number of rotatable bonds is 2. The van der Waals surface area contributed by atoms with Crippen LogP contribution in [0.15, 0.2) is 18.3 Å². The maximum atomic E-state index is 5.83. The second-order valence-corrected chi connectivity index (χ2v) is 3.96. The zero-order valence-corrected chi connectivity index (χ0v) is 9.49. The number of anilines is 1. The highest BCUT2D eigenvalue weighted by Crippen LogP contribution is 2.39. The number of benzene rings is 1. The Kier molecular flexibility index (Phi) is 2.18. The van der Waals surface area contributed by atoms with E-state index in [1.165, 1.54) is 5.56 Å². The Labute approximate surface area is 98.5 Å². The molecule has 0 fully saturated rings. The van der Waals surface area contributed by atoms with Crippen LogP contribution in [0.4, 0.5) is 5.82 Å². The highest BCUT2D eigenvalue weighted by molar-refractivity contribution is 5.79. The average Bonchev–Trinajstić information content (AvgIpc) is 2.94. The third kappa shape index (κ3) is 1.51. The molecule has 0 amide bonds. The first kappa shape index (κ1) is 10.0. The van der Waals surface area contributed by atoms with Crippen molar-refractivity contribution in [1.82, 2.24) is 10.2 Å². The van der Waals surface area contributed by atoms with Gasteiger partial charge in [0.15, 0.2) is 0 Å². The maximum Gasteiger partial charge on any atom is 0.127 e. The van der Waals surface area contributed by atoms with Gasteiger partial charge in [-0.25, -0.2) is 0 Å². The van der Waals surface area contributed by atoms with E-state index in [1.807, 2.05) is 12.1 Å². The molecule has 2 aromatic rings. The lowest BCUT2D eigenvalue weighted by Gasteiger charge is -2.10. The van der Waals surface area contributed by atoms with E-state index >= 15 is 0 Å². The van der Waals surface area contributed by atoms with Gasteiger partial charge in [-0.3, -0.25) is 5.10 Å². The standard InChI is InChI=1S/C12H13N3O2/c1-16-11-4-7-2-3-17-10(7)5-8(11)9-6-14-15-12(9)13/h4-6H,2-3H2,1H3,(H3,13,14,15). The number of nitrogens with zero attached hydrogens (tertiary/aromatic N) is 1. The molecule has 0 radical (unpaired) electrons. The summed E-state index contributed by atoms with van der Waals surface area (Å²) >= 11 is 0. The molecular formula is C12H13N3O2. The van der Waals surface area contributed by atoms with Crippen LogP contribution in [0.5, 0.6) is 11.5 Å². The summed E-state index contributed by atoms with van der Waals surface area (Å²) in [6, 6.07) is 3.96. The molecule has 1 aromatic heterocycles. The predicted molar refractivity (Wildman–Crippen MR) is 64.2 cm³/mol. The molecule has 3 rings (SSSR count). The van der Waals surface area contributed by atoms with Gasteiger partial charge in [-0.1, -0.05) is 0 Å². The minimum Gasteiger partial charge on any atom is -0.496 e. The van der Waals surface area contributed by atoms with Gasteiger partial charge >= 0.3 is 0 Å². The molecular weight excluding hydrogens is 218 g/mol. The number of H-pyrrole nitrogens is 1. The lowest BCUT2D eigenvalue weighted by Crippen LogP contribution is -1.93. The summed E-state index contributed by atoms with van der Waals surface area (Å²) in [7, 11) is 1.65. The summed E-state index contributed by atoms with van der Waals surface area (Å²) < 4.78 is 10.9. The van der Waals surface area contributed by atoms with Crippen LogP contribution < -0.4 is 15.2 Å². The molecule has 0 aliphatic carbocycles. The van der Waals surface area contributed by atoms with Gasteiger partial charge in [-0.05, 0) is 12.1 Å². The summed E-state index contributed by atoms with van der Waals surface area (Å²) in [6.07, 6.45) is 2.61.